The first kappa shape index (κ1) is 20.1. The number of methoxy groups -OCH3 is 1. The van der Waals surface area contributed by atoms with Crippen LogP contribution >= 0.6 is 0 Å². The lowest BCUT2D eigenvalue weighted by Crippen LogP contribution is -2.32. The first-order valence-corrected chi connectivity index (χ1v) is 10.0. The Morgan fingerprint density at radius 1 is 1.00 bits per heavy atom. The monoisotopic (exact) mass is 380 g/mol. The van der Waals surface area contributed by atoms with Gasteiger partial charge in [-0.05, 0) is 75.3 Å². The lowest BCUT2D eigenvalue weighted by molar-refractivity contribution is -0.0178. The molecule has 0 N–H and O–H groups in total. The maximum absolute atomic E-state index is 14.0. The predicted molar refractivity (Wildman–Crippen MR) is 101 cm³/mol. The van der Waals surface area contributed by atoms with Crippen LogP contribution in [0.25, 0.3) is 0 Å². The maximum atomic E-state index is 14.0. The Morgan fingerprint density at radius 3 is 2.30 bits per heavy atom. The molecule has 1 aromatic carbocycles. The summed E-state index contributed by atoms with van der Waals surface area (Å²) in [4.78, 5) is 0. The topological polar surface area (TPSA) is 27.7 Å². The van der Waals surface area contributed by atoms with Crippen LogP contribution in [-0.4, -0.2) is 26.4 Å². The standard InChI is InChI=1S/C22H30F2O3/c1-3-4-18-10-9-17(14-26-18)16-7-5-15(6-8-16)13-27-20-12-11-19(25-2)21(23)22(20)24/h3-4,11-12,15-18H,5-10,13-14H2,1-2H3. The second-order valence-corrected chi connectivity index (χ2v) is 7.72. The Kier molecular flexibility index (Phi) is 7.11. The van der Waals surface area contributed by atoms with Crippen molar-refractivity contribution in [2.75, 3.05) is 20.3 Å². The molecule has 1 aliphatic carbocycles. The molecule has 0 bridgehead atoms. The number of allylic oxidation sites excluding steroid dienone is 1. The first-order chi connectivity index (χ1) is 13.1. The van der Waals surface area contributed by atoms with Gasteiger partial charge < -0.3 is 14.2 Å². The van der Waals surface area contributed by atoms with Crippen LogP contribution in [0.2, 0.25) is 0 Å². The molecule has 1 aliphatic heterocycles. The van der Waals surface area contributed by atoms with Gasteiger partial charge in [0.05, 0.1) is 26.4 Å². The number of hydrogen-bond donors (Lipinski definition) is 0. The summed E-state index contributed by atoms with van der Waals surface area (Å²) in [5.41, 5.74) is 0. The Hall–Kier alpha value is -1.62. The molecule has 2 fully saturated rings. The molecule has 3 rings (SSSR count). The van der Waals surface area contributed by atoms with Gasteiger partial charge in [-0.1, -0.05) is 12.2 Å². The first-order valence-electron chi connectivity index (χ1n) is 10.0. The van der Waals surface area contributed by atoms with Crippen LogP contribution in [0.5, 0.6) is 11.5 Å². The number of benzene rings is 1. The van der Waals surface area contributed by atoms with E-state index in [0.717, 1.165) is 38.7 Å². The fourth-order valence-corrected chi connectivity index (χ4v) is 4.35. The van der Waals surface area contributed by atoms with Gasteiger partial charge in [0.25, 0.3) is 0 Å². The van der Waals surface area contributed by atoms with Crippen molar-refractivity contribution in [2.45, 2.75) is 51.6 Å². The van der Waals surface area contributed by atoms with Crippen LogP contribution < -0.4 is 9.47 Å². The minimum atomic E-state index is -0.993. The Labute approximate surface area is 160 Å². The molecule has 1 saturated heterocycles. The van der Waals surface area contributed by atoms with Gasteiger partial charge in [-0.2, -0.15) is 8.78 Å². The van der Waals surface area contributed by atoms with E-state index in [1.54, 1.807) is 0 Å². The molecule has 1 heterocycles. The molecule has 0 spiro atoms. The molecule has 0 aromatic heterocycles. The molecular formula is C22H30F2O3. The van der Waals surface area contributed by atoms with E-state index in [4.69, 9.17) is 14.2 Å². The molecular weight excluding hydrogens is 350 g/mol. The van der Waals surface area contributed by atoms with E-state index in [1.807, 2.05) is 6.92 Å². The van der Waals surface area contributed by atoms with Gasteiger partial charge in [0.2, 0.25) is 11.6 Å². The molecule has 2 unspecified atom stereocenters. The number of rotatable bonds is 6. The van der Waals surface area contributed by atoms with Crippen molar-refractivity contribution in [2.24, 2.45) is 17.8 Å². The molecule has 0 amide bonds. The molecule has 3 nitrogen and oxygen atoms in total. The normalized spacial score (nSPS) is 29.0. The molecule has 150 valence electrons. The van der Waals surface area contributed by atoms with Crippen molar-refractivity contribution < 1.29 is 23.0 Å². The SMILES string of the molecule is CC=CC1CCC(C2CCC(COc3ccc(OC)c(F)c3F)CC2)CO1. The van der Waals surface area contributed by atoms with Crippen LogP contribution in [0.15, 0.2) is 24.3 Å². The van der Waals surface area contributed by atoms with E-state index < -0.39 is 11.6 Å². The molecule has 27 heavy (non-hydrogen) atoms. The summed E-state index contributed by atoms with van der Waals surface area (Å²) in [5.74, 6) is -0.348. The van der Waals surface area contributed by atoms with Crippen LogP contribution in [0.1, 0.15) is 45.4 Å². The highest BCUT2D eigenvalue weighted by Gasteiger charge is 2.31. The smallest absolute Gasteiger partial charge is 0.204 e. The van der Waals surface area contributed by atoms with E-state index in [0.29, 0.717) is 24.4 Å². The van der Waals surface area contributed by atoms with E-state index >= 15 is 0 Å². The van der Waals surface area contributed by atoms with Gasteiger partial charge in [0.15, 0.2) is 11.5 Å². The molecule has 0 radical (unpaired) electrons. The van der Waals surface area contributed by atoms with Gasteiger partial charge in [0, 0.05) is 0 Å². The summed E-state index contributed by atoms with van der Waals surface area (Å²) >= 11 is 0. The summed E-state index contributed by atoms with van der Waals surface area (Å²) in [6.45, 7) is 3.32. The van der Waals surface area contributed by atoms with Gasteiger partial charge in [-0.15, -0.1) is 0 Å². The number of hydrogen-bond acceptors (Lipinski definition) is 3. The average molecular weight is 380 g/mol. The van der Waals surface area contributed by atoms with Crippen LogP contribution in [0.3, 0.4) is 0 Å². The third kappa shape index (κ3) is 5.01. The Bertz CT molecular complexity index is 631. The minimum Gasteiger partial charge on any atom is -0.494 e. The molecule has 1 aromatic rings. The lowest BCUT2D eigenvalue weighted by atomic mass is 9.74. The zero-order valence-corrected chi connectivity index (χ0v) is 16.3. The van der Waals surface area contributed by atoms with Crippen molar-refractivity contribution in [1.82, 2.24) is 0 Å². The summed E-state index contributed by atoms with van der Waals surface area (Å²) in [7, 11) is 1.31. The van der Waals surface area contributed by atoms with Crippen molar-refractivity contribution in [1.29, 1.82) is 0 Å². The summed E-state index contributed by atoms with van der Waals surface area (Å²) in [6.07, 6.45) is 11.3. The number of halogens is 2. The van der Waals surface area contributed by atoms with E-state index in [2.05, 4.69) is 12.2 Å². The highest BCUT2D eigenvalue weighted by Crippen LogP contribution is 2.38. The second-order valence-electron chi connectivity index (χ2n) is 7.72. The van der Waals surface area contributed by atoms with Gasteiger partial charge in [0.1, 0.15) is 0 Å². The fraction of sp³-hybridized carbons (Fsp3) is 0.636. The average Bonchev–Trinajstić information content (AvgIpc) is 2.70. The second kappa shape index (κ2) is 9.54. The molecule has 1 saturated carbocycles. The third-order valence-electron chi connectivity index (χ3n) is 6.02. The van der Waals surface area contributed by atoms with E-state index in [1.165, 1.54) is 25.7 Å². The number of ether oxygens (including phenoxy) is 3. The predicted octanol–water partition coefficient (Wildman–Crippen LogP) is 5.53. The van der Waals surface area contributed by atoms with E-state index in [-0.39, 0.29) is 17.6 Å². The molecule has 5 heteroatoms. The van der Waals surface area contributed by atoms with Crippen molar-refractivity contribution in [3.63, 3.8) is 0 Å². The van der Waals surface area contributed by atoms with Crippen LogP contribution in [-0.2, 0) is 4.74 Å². The largest absolute Gasteiger partial charge is 0.494 e. The highest BCUT2D eigenvalue weighted by atomic mass is 19.2. The molecule has 2 atom stereocenters. The minimum absolute atomic E-state index is 0.0360. The third-order valence-corrected chi connectivity index (χ3v) is 6.02. The van der Waals surface area contributed by atoms with Gasteiger partial charge in [-0.25, -0.2) is 0 Å². The fourth-order valence-electron chi connectivity index (χ4n) is 4.35. The quantitative estimate of drug-likeness (QED) is 0.607. The Balaban J connectivity index is 1.43. The summed E-state index contributed by atoms with van der Waals surface area (Å²) < 4.78 is 44.1. The van der Waals surface area contributed by atoms with Gasteiger partial charge >= 0.3 is 0 Å². The summed E-state index contributed by atoms with van der Waals surface area (Å²) in [5, 5.41) is 0. The van der Waals surface area contributed by atoms with Crippen molar-refractivity contribution in [3.8, 4) is 11.5 Å². The van der Waals surface area contributed by atoms with Gasteiger partial charge in [-0.3, -0.25) is 0 Å². The van der Waals surface area contributed by atoms with Crippen LogP contribution in [0.4, 0.5) is 8.78 Å². The molecule has 2 aliphatic rings. The van der Waals surface area contributed by atoms with Crippen molar-refractivity contribution >= 4 is 0 Å². The maximum Gasteiger partial charge on any atom is 0.204 e. The van der Waals surface area contributed by atoms with Crippen molar-refractivity contribution in [3.05, 3.63) is 35.9 Å². The Morgan fingerprint density at radius 2 is 1.67 bits per heavy atom. The van der Waals surface area contributed by atoms with Crippen LogP contribution in [0, 0.1) is 29.4 Å². The highest BCUT2D eigenvalue weighted by molar-refractivity contribution is 5.34. The van der Waals surface area contributed by atoms with E-state index in [9.17, 15) is 8.78 Å². The zero-order chi connectivity index (χ0) is 19.2. The summed E-state index contributed by atoms with van der Waals surface area (Å²) in [6, 6.07) is 2.83. The lowest BCUT2D eigenvalue weighted by Gasteiger charge is -2.37. The zero-order valence-electron chi connectivity index (χ0n) is 16.3.